The highest BCUT2D eigenvalue weighted by Crippen LogP contribution is 2.34. The molecule has 2 aromatic rings. The van der Waals surface area contributed by atoms with Gasteiger partial charge in [-0.05, 0) is 51.3 Å². The van der Waals surface area contributed by atoms with Crippen LogP contribution >= 0.6 is 0 Å². The van der Waals surface area contributed by atoms with Gasteiger partial charge >= 0.3 is 0 Å². The molecule has 1 aromatic heterocycles. The molecular formula is C16H20N4O2. The second kappa shape index (κ2) is 5.21. The first-order chi connectivity index (χ1) is 10.3. The van der Waals surface area contributed by atoms with Gasteiger partial charge in [0.2, 0.25) is 5.95 Å². The number of nitrogens with one attached hydrogen (secondary N) is 1. The van der Waals surface area contributed by atoms with Gasteiger partial charge in [0, 0.05) is 11.6 Å². The number of hydrogen-bond donors (Lipinski definition) is 3. The maximum Gasteiger partial charge on any atom is 0.243 e. The number of nitrogens with zero attached hydrogens (tertiary/aromatic N) is 3. The Morgan fingerprint density at radius 2 is 1.95 bits per heavy atom. The van der Waals surface area contributed by atoms with Gasteiger partial charge in [0.15, 0.2) is 0 Å². The van der Waals surface area contributed by atoms with E-state index in [2.05, 4.69) is 20.5 Å². The minimum absolute atomic E-state index is 0.176. The van der Waals surface area contributed by atoms with Crippen LogP contribution in [-0.2, 0) is 0 Å². The van der Waals surface area contributed by atoms with Crippen molar-refractivity contribution < 1.29 is 10.2 Å². The Morgan fingerprint density at radius 1 is 1.23 bits per heavy atom. The quantitative estimate of drug-likeness (QED) is 0.805. The first-order valence-electron chi connectivity index (χ1n) is 7.34. The summed E-state index contributed by atoms with van der Waals surface area (Å²) in [5.41, 5.74) is 2.29. The second-order valence-corrected chi connectivity index (χ2v) is 6.34. The lowest BCUT2D eigenvalue weighted by Crippen LogP contribution is -2.48. The van der Waals surface area contributed by atoms with Crippen molar-refractivity contribution in [2.75, 3.05) is 5.32 Å². The Bertz CT molecular complexity index is 707. The minimum Gasteiger partial charge on any atom is -0.507 e. The highest BCUT2D eigenvalue weighted by Gasteiger charge is 2.38. The topological polar surface area (TPSA) is 91.2 Å². The summed E-state index contributed by atoms with van der Waals surface area (Å²) >= 11 is 0. The molecule has 0 radical (unpaired) electrons. The van der Waals surface area contributed by atoms with Crippen molar-refractivity contribution in [3.8, 4) is 17.0 Å². The maximum atomic E-state index is 10.0. The van der Waals surface area contributed by atoms with Crippen LogP contribution < -0.4 is 5.32 Å². The van der Waals surface area contributed by atoms with Gasteiger partial charge in [-0.1, -0.05) is 6.07 Å². The van der Waals surface area contributed by atoms with Crippen LogP contribution in [0.4, 0.5) is 5.95 Å². The number of benzene rings is 1. The van der Waals surface area contributed by atoms with Crippen LogP contribution in [0.3, 0.4) is 0 Å². The molecule has 0 aliphatic heterocycles. The van der Waals surface area contributed by atoms with Crippen LogP contribution in [0.25, 0.3) is 11.3 Å². The summed E-state index contributed by atoms with van der Waals surface area (Å²) < 4.78 is 0. The Kier molecular flexibility index (Phi) is 3.48. The first kappa shape index (κ1) is 14.7. The van der Waals surface area contributed by atoms with E-state index in [0.29, 0.717) is 35.7 Å². The van der Waals surface area contributed by atoms with E-state index in [9.17, 15) is 10.2 Å². The summed E-state index contributed by atoms with van der Waals surface area (Å²) in [6, 6.07) is 5.60. The van der Waals surface area contributed by atoms with Crippen LogP contribution in [-0.4, -0.2) is 37.0 Å². The number of phenols is 1. The Hall–Kier alpha value is -2.21. The minimum atomic E-state index is -0.590. The fourth-order valence-electron chi connectivity index (χ4n) is 2.84. The lowest BCUT2D eigenvalue weighted by Gasteiger charge is -2.41. The van der Waals surface area contributed by atoms with E-state index >= 15 is 0 Å². The predicted octanol–water partition coefficient (Wildman–Crippen LogP) is 2.19. The molecule has 1 saturated carbocycles. The Labute approximate surface area is 129 Å². The number of aromatic nitrogens is 3. The largest absolute Gasteiger partial charge is 0.507 e. The van der Waals surface area contributed by atoms with E-state index in [4.69, 9.17) is 0 Å². The molecule has 6 nitrogen and oxygen atoms in total. The van der Waals surface area contributed by atoms with Gasteiger partial charge in [-0.3, -0.25) is 0 Å². The molecule has 1 heterocycles. The lowest BCUT2D eigenvalue weighted by molar-refractivity contribution is -0.0236. The molecular weight excluding hydrogens is 280 g/mol. The van der Waals surface area contributed by atoms with Gasteiger partial charge in [0.25, 0.3) is 0 Å². The van der Waals surface area contributed by atoms with Gasteiger partial charge in [0.05, 0.1) is 11.3 Å². The van der Waals surface area contributed by atoms with Crippen molar-refractivity contribution in [2.24, 2.45) is 0 Å². The average molecular weight is 300 g/mol. The summed E-state index contributed by atoms with van der Waals surface area (Å²) in [6.45, 7) is 5.57. The van der Waals surface area contributed by atoms with Crippen LogP contribution in [0.2, 0.25) is 0 Å². The first-order valence-corrected chi connectivity index (χ1v) is 7.34. The van der Waals surface area contributed by atoms with Gasteiger partial charge in [-0.2, -0.15) is 0 Å². The molecule has 3 N–H and O–H groups in total. The standard InChI is InChI=1S/C16H20N4O2/c1-9-4-5-12(13(21)6-9)14-10(2)17-15(20-19-14)18-11-7-16(3,22)8-11/h4-6,11,21-22H,7-8H2,1-3H3,(H,17,18,20). The van der Waals surface area contributed by atoms with Crippen LogP contribution in [0.15, 0.2) is 18.2 Å². The summed E-state index contributed by atoms with van der Waals surface area (Å²) in [4.78, 5) is 4.41. The molecule has 6 heteroatoms. The average Bonchev–Trinajstić information content (AvgIpc) is 2.38. The van der Waals surface area contributed by atoms with Crippen LogP contribution in [0.1, 0.15) is 31.0 Å². The predicted molar refractivity (Wildman–Crippen MR) is 83.7 cm³/mol. The zero-order valence-corrected chi connectivity index (χ0v) is 13.0. The van der Waals surface area contributed by atoms with Crippen molar-refractivity contribution >= 4 is 5.95 Å². The van der Waals surface area contributed by atoms with Gasteiger partial charge in [0.1, 0.15) is 11.4 Å². The molecule has 0 bridgehead atoms. The van der Waals surface area contributed by atoms with Crippen molar-refractivity contribution in [2.45, 2.75) is 45.3 Å². The molecule has 0 atom stereocenters. The monoisotopic (exact) mass is 300 g/mol. The molecule has 1 aliphatic carbocycles. The van der Waals surface area contributed by atoms with E-state index < -0.39 is 5.60 Å². The van der Waals surface area contributed by atoms with Crippen LogP contribution in [0.5, 0.6) is 5.75 Å². The van der Waals surface area contributed by atoms with Gasteiger partial charge < -0.3 is 15.5 Å². The normalized spacial score (nSPS) is 23.9. The third-order valence-corrected chi connectivity index (χ3v) is 3.97. The highest BCUT2D eigenvalue weighted by atomic mass is 16.3. The van der Waals surface area contributed by atoms with Crippen molar-refractivity contribution in [1.29, 1.82) is 0 Å². The molecule has 0 unspecified atom stereocenters. The molecule has 1 aliphatic rings. The van der Waals surface area contributed by atoms with Crippen molar-refractivity contribution in [3.05, 3.63) is 29.5 Å². The number of phenolic OH excluding ortho intramolecular Hbond substituents is 1. The third kappa shape index (κ3) is 2.87. The number of aryl methyl sites for hydroxylation is 2. The number of aromatic hydroxyl groups is 1. The van der Waals surface area contributed by atoms with Crippen molar-refractivity contribution in [3.63, 3.8) is 0 Å². The molecule has 1 fully saturated rings. The van der Waals surface area contributed by atoms with Gasteiger partial charge in [-0.25, -0.2) is 4.98 Å². The number of hydrogen-bond acceptors (Lipinski definition) is 6. The number of rotatable bonds is 3. The van der Waals surface area contributed by atoms with E-state index in [1.807, 2.05) is 32.9 Å². The van der Waals surface area contributed by atoms with E-state index in [-0.39, 0.29) is 11.8 Å². The maximum absolute atomic E-state index is 10.0. The Morgan fingerprint density at radius 3 is 2.55 bits per heavy atom. The molecule has 3 rings (SSSR count). The highest BCUT2D eigenvalue weighted by molar-refractivity contribution is 5.68. The summed E-state index contributed by atoms with van der Waals surface area (Å²) in [5.74, 6) is 0.628. The van der Waals surface area contributed by atoms with Crippen LogP contribution in [0, 0.1) is 13.8 Å². The molecule has 116 valence electrons. The molecule has 1 aromatic carbocycles. The fraction of sp³-hybridized carbons (Fsp3) is 0.438. The zero-order chi connectivity index (χ0) is 15.9. The van der Waals surface area contributed by atoms with E-state index in [1.54, 1.807) is 6.07 Å². The lowest BCUT2D eigenvalue weighted by atomic mass is 9.77. The summed E-state index contributed by atoms with van der Waals surface area (Å²) in [6.07, 6.45) is 1.35. The second-order valence-electron chi connectivity index (χ2n) is 6.34. The van der Waals surface area contributed by atoms with E-state index in [1.165, 1.54) is 0 Å². The summed E-state index contributed by atoms with van der Waals surface area (Å²) in [5, 5.41) is 31.2. The van der Waals surface area contributed by atoms with Gasteiger partial charge in [-0.15, -0.1) is 10.2 Å². The SMILES string of the molecule is Cc1ccc(-c2nnc(NC3CC(C)(O)C3)nc2C)c(O)c1. The number of anilines is 1. The number of aliphatic hydroxyl groups is 1. The Balaban J connectivity index is 1.80. The third-order valence-electron chi connectivity index (χ3n) is 3.97. The molecule has 0 spiro atoms. The zero-order valence-electron chi connectivity index (χ0n) is 13.0. The fourth-order valence-corrected chi connectivity index (χ4v) is 2.84. The summed E-state index contributed by atoms with van der Waals surface area (Å²) in [7, 11) is 0. The molecule has 0 saturated heterocycles. The van der Waals surface area contributed by atoms with Crippen molar-refractivity contribution in [1.82, 2.24) is 15.2 Å². The smallest absolute Gasteiger partial charge is 0.243 e. The molecule has 0 amide bonds. The van der Waals surface area contributed by atoms with E-state index in [0.717, 1.165) is 5.56 Å². The molecule has 22 heavy (non-hydrogen) atoms.